The van der Waals surface area contributed by atoms with Crippen LogP contribution in [-0.4, -0.2) is 37.6 Å². The van der Waals surface area contributed by atoms with Gasteiger partial charge in [-0.05, 0) is 30.0 Å². The third kappa shape index (κ3) is 4.92. The largest absolute Gasteiger partial charge is 0.455 e. The van der Waals surface area contributed by atoms with E-state index in [2.05, 4.69) is 15.1 Å². The number of thioether (sulfide) groups is 1. The number of rotatable bonds is 7. The standard InChI is InChI=1S/C22H17F5N4OS/c1-2-33-18-10-16(32-19-5-3-4-8-28-19)12-29-20(18)14-6-7-17-15(9-14)11-30-31(17)13-21(23,24)22(25,26)27/h3-12H,2,13H2,1H3. The second kappa shape index (κ2) is 8.97. The second-order valence-corrected chi connectivity index (χ2v) is 8.30. The molecule has 11 heteroatoms. The minimum Gasteiger partial charge on any atom is -0.437 e. The molecule has 0 spiro atoms. The van der Waals surface area contributed by atoms with Crippen LogP contribution in [0.1, 0.15) is 6.92 Å². The fraction of sp³-hybridized carbons (Fsp3) is 0.227. The Bertz CT molecular complexity index is 1260. The molecule has 0 saturated carbocycles. The van der Waals surface area contributed by atoms with Crippen molar-refractivity contribution in [2.75, 3.05) is 5.75 Å². The van der Waals surface area contributed by atoms with Crippen LogP contribution in [0.4, 0.5) is 22.0 Å². The number of nitrogens with zero attached hydrogens (tertiary/aromatic N) is 4. The quantitative estimate of drug-likeness (QED) is 0.221. The van der Waals surface area contributed by atoms with Gasteiger partial charge in [0.15, 0.2) is 0 Å². The van der Waals surface area contributed by atoms with E-state index in [4.69, 9.17) is 4.74 Å². The maximum atomic E-state index is 13.5. The Hall–Kier alpha value is -3.21. The summed E-state index contributed by atoms with van der Waals surface area (Å²) in [4.78, 5) is 9.44. The summed E-state index contributed by atoms with van der Waals surface area (Å²) in [6, 6.07) is 11.8. The number of halogens is 5. The predicted molar refractivity (Wildman–Crippen MR) is 115 cm³/mol. The lowest BCUT2D eigenvalue weighted by atomic mass is 10.1. The van der Waals surface area contributed by atoms with Crippen LogP contribution >= 0.6 is 11.8 Å². The van der Waals surface area contributed by atoms with Crippen LogP contribution in [0.2, 0.25) is 0 Å². The Kier molecular flexibility index (Phi) is 6.24. The average molecular weight is 480 g/mol. The molecular weight excluding hydrogens is 463 g/mol. The van der Waals surface area contributed by atoms with Crippen molar-refractivity contribution in [2.24, 2.45) is 0 Å². The first-order valence-electron chi connectivity index (χ1n) is 9.80. The molecule has 1 aromatic carbocycles. The van der Waals surface area contributed by atoms with Crippen LogP contribution in [0, 0.1) is 0 Å². The second-order valence-electron chi connectivity index (χ2n) is 7.00. The van der Waals surface area contributed by atoms with E-state index in [0.717, 1.165) is 10.6 Å². The maximum absolute atomic E-state index is 13.5. The third-order valence-corrected chi connectivity index (χ3v) is 5.58. The summed E-state index contributed by atoms with van der Waals surface area (Å²) in [7, 11) is 0. The first kappa shape index (κ1) is 23.0. The number of benzene rings is 1. The molecule has 4 rings (SSSR count). The fourth-order valence-electron chi connectivity index (χ4n) is 3.13. The Morgan fingerprint density at radius 2 is 1.82 bits per heavy atom. The van der Waals surface area contributed by atoms with Gasteiger partial charge in [-0.15, -0.1) is 11.8 Å². The SMILES string of the molecule is CCSc1cc(Oc2ccccn2)cnc1-c1ccc2c(cnn2CC(F)(F)C(F)(F)F)c1. The fourth-order valence-corrected chi connectivity index (χ4v) is 3.95. The van der Waals surface area contributed by atoms with Gasteiger partial charge in [0.2, 0.25) is 5.88 Å². The molecular formula is C22H17F5N4OS. The number of ether oxygens (including phenoxy) is 1. The van der Waals surface area contributed by atoms with Crippen molar-refractivity contribution in [1.82, 2.24) is 19.7 Å². The van der Waals surface area contributed by atoms with E-state index in [0.29, 0.717) is 33.0 Å². The molecule has 0 amide bonds. The molecule has 0 aliphatic carbocycles. The highest BCUT2D eigenvalue weighted by Crippen LogP contribution is 2.38. The molecule has 0 radical (unpaired) electrons. The highest BCUT2D eigenvalue weighted by Gasteiger charge is 2.57. The summed E-state index contributed by atoms with van der Waals surface area (Å²) in [5.74, 6) is -3.21. The van der Waals surface area contributed by atoms with Gasteiger partial charge in [0, 0.05) is 28.1 Å². The molecule has 0 unspecified atom stereocenters. The smallest absolute Gasteiger partial charge is 0.437 e. The molecule has 0 atom stereocenters. The molecule has 172 valence electrons. The Morgan fingerprint density at radius 1 is 1.00 bits per heavy atom. The number of hydrogen-bond acceptors (Lipinski definition) is 5. The van der Waals surface area contributed by atoms with Crippen molar-refractivity contribution in [2.45, 2.75) is 30.5 Å². The number of alkyl halides is 5. The number of pyridine rings is 2. The average Bonchev–Trinajstić information content (AvgIpc) is 3.15. The predicted octanol–water partition coefficient (Wildman–Crippen LogP) is 6.60. The van der Waals surface area contributed by atoms with Crippen LogP contribution in [0.5, 0.6) is 11.6 Å². The molecule has 0 aliphatic rings. The molecule has 0 saturated heterocycles. The normalized spacial score (nSPS) is 12.3. The molecule has 0 N–H and O–H groups in total. The van der Waals surface area contributed by atoms with Crippen molar-refractivity contribution in [3.63, 3.8) is 0 Å². The van der Waals surface area contributed by atoms with Gasteiger partial charge in [0.05, 0.1) is 23.6 Å². The van der Waals surface area contributed by atoms with E-state index in [1.807, 2.05) is 13.0 Å². The zero-order valence-electron chi connectivity index (χ0n) is 17.2. The first-order valence-corrected chi connectivity index (χ1v) is 10.8. The summed E-state index contributed by atoms with van der Waals surface area (Å²) < 4.78 is 71.1. The van der Waals surface area contributed by atoms with Crippen molar-refractivity contribution >= 4 is 22.7 Å². The van der Waals surface area contributed by atoms with Gasteiger partial charge in [0.1, 0.15) is 12.3 Å². The summed E-state index contributed by atoms with van der Waals surface area (Å²) in [6.45, 7) is 0.392. The topological polar surface area (TPSA) is 52.8 Å². The van der Waals surface area contributed by atoms with Gasteiger partial charge < -0.3 is 4.74 Å². The van der Waals surface area contributed by atoms with Crippen molar-refractivity contribution in [1.29, 1.82) is 0 Å². The highest BCUT2D eigenvalue weighted by molar-refractivity contribution is 7.99. The van der Waals surface area contributed by atoms with E-state index in [-0.39, 0.29) is 5.52 Å². The Morgan fingerprint density at radius 3 is 2.52 bits per heavy atom. The Balaban J connectivity index is 1.65. The van der Waals surface area contributed by atoms with E-state index in [9.17, 15) is 22.0 Å². The number of hydrogen-bond donors (Lipinski definition) is 0. The third-order valence-electron chi connectivity index (χ3n) is 4.67. The number of aromatic nitrogens is 4. The lowest BCUT2D eigenvalue weighted by Crippen LogP contribution is -2.40. The summed E-state index contributed by atoms with van der Waals surface area (Å²) >= 11 is 1.53. The van der Waals surface area contributed by atoms with Gasteiger partial charge in [0.25, 0.3) is 0 Å². The van der Waals surface area contributed by atoms with E-state index < -0.39 is 18.6 Å². The molecule has 4 aromatic rings. The first-order chi connectivity index (χ1) is 15.7. The van der Waals surface area contributed by atoms with Gasteiger partial charge in [-0.1, -0.05) is 19.1 Å². The Labute approximate surface area is 189 Å². The molecule has 0 aliphatic heterocycles. The molecule has 0 bridgehead atoms. The summed E-state index contributed by atoms with van der Waals surface area (Å²) in [5, 5.41) is 4.16. The van der Waals surface area contributed by atoms with Gasteiger partial charge >= 0.3 is 12.1 Å². The lowest BCUT2D eigenvalue weighted by Gasteiger charge is -2.19. The van der Waals surface area contributed by atoms with Crippen molar-refractivity contribution in [3.8, 4) is 22.9 Å². The van der Waals surface area contributed by atoms with Crippen LogP contribution in [0.25, 0.3) is 22.2 Å². The summed E-state index contributed by atoms with van der Waals surface area (Å²) in [5.41, 5.74) is 1.47. The highest BCUT2D eigenvalue weighted by atomic mass is 32.2. The minimum absolute atomic E-state index is 0.169. The van der Waals surface area contributed by atoms with Crippen molar-refractivity contribution < 1.29 is 26.7 Å². The zero-order valence-corrected chi connectivity index (χ0v) is 18.0. The lowest BCUT2D eigenvalue weighted by molar-refractivity contribution is -0.287. The van der Waals surface area contributed by atoms with Crippen LogP contribution in [0.3, 0.4) is 0 Å². The van der Waals surface area contributed by atoms with E-state index in [1.54, 1.807) is 42.7 Å². The van der Waals surface area contributed by atoms with Gasteiger partial charge in [-0.2, -0.15) is 27.1 Å². The van der Waals surface area contributed by atoms with Gasteiger partial charge in [-0.25, -0.2) is 4.98 Å². The molecule has 3 heterocycles. The molecule has 3 aromatic heterocycles. The van der Waals surface area contributed by atoms with Crippen LogP contribution in [-0.2, 0) is 6.54 Å². The van der Waals surface area contributed by atoms with E-state index in [1.165, 1.54) is 24.0 Å². The molecule has 0 fully saturated rings. The monoisotopic (exact) mass is 480 g/mol. The number of fused-ring (bicyclic) bond motifs is 1. The van der Waals surface area contributed by atoms with Crippen molar-refractivity contribution in [3.05, 3.63) is 61.1 Å². The van der Waals surface area contributed by atoms with E-state index >= 15 is 0 Å². The molecule has 5 nitrogen and oxygen atoms in total. The zero-order chi connectivity index (χ0) is 23.6. The summed E-state index contributed by atoms with van der Waals surface area (Å²) in [6.07, 6.45) is -1.24. The van der Waals surface area contributed by atoms with Crippen LogP contribution in [0.15, 0.2) is 66.0 Å². The van der Waals surface area contributed by atoms with Gasteiger partial charge in [-0.3, -0.25) is 9.67 Å². The molecule has 33 heavy (non-hydrogen) atoms. The maximum Gasteiger partial charge on any atom is 0.455 e. The van der Waals surface area contributed by atoms with Crippen LogP contribution < -0.4 is 4.74 Å². The minimum atomic E-state index is -5.65.